The van der Waals surface area contributed by atoms with Crippen LogP contribution >= 0.6 is 0 Å². The molecule has 0 saturated heterocycles. The van der Waals surface area contributed by atoms with E-state index in [9.17, 15) is 18.0 Å². The van der Waals surface area contributed by atoms with Gasteiger partial charge in [-0.15, -0.1) is 0 Å². The second kappa shape index (κ2) is 10.3. The fraction of sp³-hybridized carbons (Fsp3) is 0.556. The standard InChI is InChI=1S/C18H28N2O5S/c1-5-8-11-19-17(21)13-25-18(22)15-10-9-14(4)16(12-15)26(23,24)20(6-2)7-3/h9-10,12H,5-8,11,13H2,1-4H3,(H,19,21). The molecular weight excluding hydrogens is 356 g/mol. The molecule has 0 atom stereocenters. The zero-order chi connectivity index (χ0) is 19.7. The van der Waals surface area contributed by atoms with Crippen molar-refractivity contribution in [3.05, 3.63) is 29.3 Å². The summed E-state index contributed by atoms with van der Waals surface area (Å²) in [4.78, 5) is 23.9. The SMILES string of the molecule is CCCCNC(=O)COC(=O)c1ccc(C)c(S(=O)(=O)N(CC)CC)c1. The van der Waals surface area contributed by atoms with Gasteiger partial charge in [0.1, 0.15) is 0 Å². The molecule has 0 saturated carbocycles. The quantitative estimate of drug-likeness (QED) is 0.493. The van der Waals surface area contributed by atoms with E-state index in [0.29, 0.717) is 25.2 Å². The van der Waals surface area contributed by atoms with Crippen LogP contribution in [0.1, 0.15) is 49.5 Å². The first-order chi connectivity index (χ1) is 12.3. The summed E-state index contributed by atoms with van der Waals surface area (Å²) in [6, 6.07) is 4.36. The number of unbranched alkanes of at least 4 members (excludes halogenated alkanes) is 1. The molecule has 0 aliphatic heterocycles. The maximum absolute atomic E-state index is 12.7. The number of aryl methyl sites for hydroxylation is 1. The third-order valence-electron chi connectivity index (χ3n) is 3.93. The van der Waals surface area contributed by atoms with Crippen molar-refractivity contribution in [2.75, 3.05) is 26.2 Å². The molecule has 1 aromatic rings. The number of hydrogen-bond donors (Lipinski definition) is 1. The summed E-state index contributed by atoms with van der Waals surface area (Å²) >= 11 is 0. The average Bonchev–Trinajstić information content (AvgIpc) is 2.61. The molecule has 26 heavy (non-hydrogen) atoms. The molecule has 8 heteroatoms. The maximum atomic E-state index is 12.7. The lowest BCUT2D eigenvalue weighted by molar-refractivity contribution is -0.124. The van der Waals surface area contributed by atoms with Crippen molar-refractivity contribution in [2.24, 2.45) is 0 Å². The van der Waals surface area contributed by atoms with Crippen LogP contribution in [0.5, 0.6) is 0 Å². The molecule has 1 rings (SSSR count). The molecule has 0 unspecified atom stereocenters. The van der Waals surface area contributed by atoms with E-state index in [-0.39, 0.29) is 16.4 Å². The highest BCUT2D eigenvalue weighted by Gasteiger charge is 2.25. The van der Waals surface area contributed by atoms with Gasteiger partial charge in [-0.05, 0) is 31.0 Å². The first kappa shape index (κ1) is 22.1. The van der Waals surface area contributed by atoms with Gasteiger partial charge in [0, 0.05) is 19.6 Å². The van der Waals surface area contributed by atoms with Gasteiger partial charge in [-0.2, -0.15) is 4.31 Å². The van der Waals surface area contributed by atoms with Crippen molar-refractivity contribution in [3.63, 3.8) is 0 Å². The number of nitrogens with zero attached hydrogens (tertiary/aromatic N) is 1. The number of amides is 1. The van der Waals surface area contributed by atoms with Crippen molar-refractivity contribution in [3.8, 4) is 0 Å². The van der Waals surface area contributed by atoms with Gasteiger partial charge in [-0.3, -0.25) is 4.79 Å². The Labute approximate surface area is 155 Å². The van der Waals surface area contributed by atoms with Crippen LogP contribution in [-0.2, 0) is 19.6 Å². The summed E-state index contributed by atoms with van der Waals surface area (Å²) in [6.45, 7) is 8.01. The van der Waals surface area contributed by atoms with E-state index >= 15 is 0 Å². The summed E-state index contributed by atoms with van der Waals surface area (Å²) in [6.07, 6.45) is 1.80. The van der Waals surface area contributed by atoms with E-state index in [0.717, 1.165) is 12.8 Å². The number of hydrogen-bond acceptors (Lipinski definition) is 5. The Kier molecular flexibility index (Phi) is 8.74. The fourth-order valence-corrected chi connectivity index (χ4v) is 4.09. The van der Waals surface area contributed by atoms with E-state index < -0.39 is 22.6 Å². The van der Waals surface area contributed by atoms with E-state index in [1.165, 1.54) is 16.4 Å². The van der Waals surface area contributed by atoms with Gasteiger partial charge in [0.2, 0.25) is 10.0 Å². The zero-order valence-corrected chi connectivity index (χ0v) is 16.7. The van der Waals surface area contributed by atoms with Crippen LogP contribution in [0.4, 0.5) is 0 Å². The third-order valence-corrected chi connectivity index (χ3v) is 6.13. The topological polar surface area (TPSA) is 92.8 Å². The molecule has 1 amide bonds. The number of carbonyl (C=O) groups is 2. The van der Waals surface area contributed by atoms with E-state index in [2.05, 4.69) is 5.32 Å². The molecule has 0 radical (unpaired) electrons. The summed E-state index contributed by atoms with van der Waals surface area (Å²) in [5, 5.41) is 2.65. The molecule has 0 bridgehead atoms. The first-order valence-corrected chi connectivity index (χ1v) is 10.3. The highest BCUT2D eigenvalue weighted by molar-refractivity contribution is 7.89. The second-order valence-electron chi connectivity index (χ2n) is 5.85. The number of rotatable bonds is 10. The Morgan fingerprint density at radius 1 is 1.15 bits per heavy atom. The Balaban J connectivity index is 2.89. The van der Waals surface area contributed by atoms with Crippen molar-refractivity contribution < 1.29 is 22.7 Å². The molecule has 0 fully saturated rings. The molecule has 0 aliphatic carbocycles. The van der Waals surface area contributed by atoms with Crippen LogP contribution in [0.3, 0.4) is 0 Å². The number of carbonyl (C=O) groups excluding carboxylic acids is 2. The van der Waals surface area contributed by atoms with Crippen LogP contribution in [0, 0.1) is 6.92 Å². The van der Waals surface area contributed by atoms with Gasteiger partial charge in [0.05, 0.1) is 10.5 Å². The molecule has 1 aromatic carbocycles. The Hall–Kier alpha value is -1.93. The normalized spacial score (nSPS) is 11.4. The smallest absolute Gasteiger partial charge is 0.338 e. The maximum Gasteiger partial charge on any atom is 0.338 e. The van der Waals surface area contributed by atoms with E-state index in [1.807, 2.05) is 6.92 Å². The number of nitrogens with one attached hydrogen (secondary N) is 1. The molecule has 1 N–H and O–H groups in total. The molecule has 0 aliphatic rings. The molecular formula is C18H28N2O5S. The largest absolute Gasteiger partial charge is 0.452 e. The summed E-state index contributed by atoms with van der Waals surface area (Å²) in [5.74, 6) is -1.11. The molecule has 7 nitrogen and oxygen atoms in total. The van der Waals surface area contributed by atoms with Gasteiger partial charge < -0.3 is 10.1 Å². The van der Waals surface area contributed by atoms with Gasteiger partial charge in [0.25, 0.3) is 5.91 Å². The molecule has 0 spiro atoms. The monoisotopic (exact) mass is 384 g/mol. The molecule has 0 aromatic heterocycles. The number of sulfonamides is 1. The van der Waals surface area contributed by atoms with Gasteiger partial charge in [0.15, 0.2) is 6.61 Å². The van der Waals surface area contributed by atoms with E-state index in [4.69, 9.17) is 4.74 Å². The Bertz CT molecular complexity index is 727. The van der Waals surface area contributed by atoms with Crippen molar-refractivity contribution >= 4 is 21.9 Å². The predicted molar refractivity (Wildman–Crippen MR) is 99.5 cm³/mol. The van der Waals surface area contributed by atoms with Crippen LogP contribution in [0.25, 0.3) is 0 Å². The number of benzene rings is 1. The highest BCUT2D eigenvalue weighted by atomic mass is 32.2. The van der Waals surface area contributed by atoms with Crippen LogP contribution in [0.2, 0.25) is 0 Å². The fourth-order valence-electron chi connectivity index (χ4n) is 2.38. The minimum absolute atomic E-state index is 0.0723. The predicted octanol–water partition coefficient (Wildman–Crippen LogP) is 2.10. The lowest BCUT2D eigenvalue weighted by Crippen LogP contribution is -2.31. The van der Waals surface area contributed by atoms with Crippen LogP contribution in [0.15, 0.2) is 23.1 Å². The summed E-state index contributed by atoms with van der Waals surface area (Å²) in [5.41, 5.74) is 0.647. The number of esters is 1. The average molecular weight is 384 g/mol. The van der Waals surface area contributed by atoms with Crippen LogP contribution < -0.4 is 5.32 Å². The van der Waals surface area contributed by atoms with Crippen molar-refractivity contribution in [1.82, 2.24) is 9.62 Å². The minimum atomic E-state index is -3.69. The highest BCUT2D eigenvalue weighted by Crippen LogP contribution is 2.21. The first-order valence-electron chi connectivity index (χ1n) is 8.82. The van der Waals surface area contributed by atoms with Crippen molar-refractivity contribution in [1.29, 1.82) is 0 Å². The Morgan fingerprint density at radius 3 is 2.38 bits per heavy atom. The lowest BCUT2D eigenvalue weighted by atomic mass is 10.1. The summed E-state index contributed by atoms with van der Waals surface area (Å²) in [7, 11) is -3.69. The molecule has 0 heterocycles. The third kappa shape index (κ3) is 5.81. The number of ether oxygens (including phenoxy) is 1. The summed E-state index contributed by atoms with van der Waals surface area (Å²) < 4.78 is 31.7. The van der Waals surface area contributed by atoms with Crippen LogP contribution in [-0.4, -0.2) is 50.8 Å². The van der Waals surface area contributed by atoms with Gasteiger partial charge in [-0.1, -0.05) is 33.3 Å². The zero-order valence-electron chi connectivity index (χ0n) is 15.9. The molecule has 146 valence electrons. The van der Waals surface area contributed by atoms with E-state index in [1.54, 1.807) is 26.8 Å². The van der Waals surface area contributed by atoms with Crippen molar-refractivity contribution in [2.45, 2.75) is 45.4 Å². The second-order valence-corrected chi connectivity index (χ2v) is 7.76. The minimum Gasteiger partial charge on any atom is -0.452 e. The van der Waals surface area contributed by atoms with Gasteiger partial charge >= 0.3 is 5.97 Å². The van der Waals surface area contributed by atoms with Gasteiger partial charge in [-0.25, -0.2) is 13.2 Å². The lowest BCUT2D eigenvalue weighted by Gasteiger charge is -2.20. The Morgan fingerprint density at radius 2 is 1.81 bits per heavy atom.